The minimum Gasteiger partial charge on any atom is -0.480 e. The van der Waals surface area contributed by atoms with E-state index in [4.69, 9.17) is 27.7 Å². The van der Waals surface area contributed by atoms with E-state index >= 15 is 0 Å². The number of carbonyl (C=O) groups is 2. The average Bonchev–Trinajstić information content (AvgIpc) is 1.88. The van der Waals surface area contributed by atoms with Crippen LogP contribution in [0.25, 0.3) is 0 Å². The Morgan fingerprint density at radius 2 is 1.82 bits per heavy atom. The van der Waals surface area contributed by atoms with Gasteiger partial charge in [-0.3, -0.25) is 15.4 Å². The summed E-state index contributed by atoms with van der Waals surface area (Å²) in [6.07, 6.45) is 0. The van der Waals surface area contributed by atoms with E-state index < -0.39 is 23.4 Å². The molecule has 0 rings (SSSR count). The summed E-state index contributed by atoms with van der Waals surface area (Å²) < 4.78 is 0. The minimum absolute atomic E-state index is 1.41. The predicted octanol–water partition coefficient (Wildman–Crippen LogP) is -1.41. The van der Waals surface area contributed by atoms with Crippen LogP contribution in [0.5, 0.6) is 0 Å². The van der Waals surface area contributed by atoms with Crippen molar-refractivity contribution in [1.82, 2.24) is 5.43 Å². The van der Waals surface area contributed by atoms with Gasteiger partial charge in [0.2, 0.25) is 0 Å². The molecule has 0 radical (unpaired) electrons. The fourth-order valence-corrected chi connectivity index (χ4v) is 0.604. The second kappa shape index (κ2) is 4.12. The van der Waals surface area contributed by atoms with Gasteiger partial charge < -0.3 is 10.2 Å². The summed E-state index contributed by atoms with van der Waals surface area (Å²) in [4.78, 5) is 20.3. The number of nitrogens with one attached hydrogen (secondary N) is 1. The van der Waals surface area contributed by atoms with Crippen molar-refractivity contribution in [1.29, 1.82) is 0 Å². The number of halogens is 1. The molecule has 0 spiro atoms. The van der Waals surface area contributed by atoms with Gasteiger partial charge in [-0.1, -0.05) is 0 Å². The van der Waals surface area contributed by atoms with Crippen LogP contribution < -0.4 is 11.3 Å². The summed E-state index contributed by atoms with van der Waals surface area (Å²) in [5.74, 6) is 1.89. The van der Waals surface area contributed by atoms with E-state index in [1.807, 2.05) is 0 Å². The van der Waals surface area contributed by atoms with Crippen LogP contribution in [0.1, 0.15) is 0 Å². The lowest BCUT2D eigenvalue weighted by atomic mass is 10.2. The molecule has 0 saturated heterocycles. The van der Waals surface area contributed by atoms with Gasteiger partial charge in [0, 0.05) is 0 Å². The van der Waals surface area contributed by atoms with Gasteiger partial charge >= 0.3 is 11.9 Å². The average molecular weight is 183 g/mol. The summed E-state index contributed by atoms with van der Waals surface area (Å²) in [5, 5.41) is 15.0. The SMILES string of the molecule is NNC(C(=O)O)C(Cl)C(=O)O. The van der Waals surface area contributed by atoms with Gasteiger partial charge in [0.05, 0.1) is 0 Å². The summed E-state index contributed by atoms with van der Waals surface area (Å²) in [5.41, 5.74) is 1.77. The van der Waals surface area contributed by atoms with E-state index in [2.05, 4.69) is 0 Å². The van der Waals surface area contributed by atoms with Crippen LogP contribution >= 0.6 is 11.6 Å². The molecule has 0 aliphatic heterocycles. The molecule has 0 aromatic heterocycles. The molecule has 0 saturated carbocycles. The van der Waals surface area contributed by atoms with Crippen molar-refractivity contribution in [2.45, 2.75) is 11.4 Å². The van der Waals surface area contributed by atoms with Crippen LogP contribution in [-0.4, -0.2) is 33.6 Å². The number of aliphatic carboxylic acids is 2. The van der Waals surface area contributed by atoms with E-state index in [-0.39, 0.29) is 0 Å². The molecule has 0 bridgehead atoms. The third-order valence-electron chi connectivity index (χ3n) is 0.974. The van der Waals surface area contributed by atoms with Crippen molar-refractivity contribution in [3.05, 3.63) is 0 Å². The van der Waals surface area contributed by atoms with Crippen LogP contribution in [-0.2, 0) is 9.59 Å². The monoisotopic (exact) mass is 182 g/mol. The lowest BCUT2D eigenvalue weighted by Crippen LogP contribution is -2.50. The van der Waals surface area contributed by atoms with Crippen molar-refractivity contribution in [2.24, 2.45) is 5.84 Å². The van der Waals surface area contributed by atoms with Crippen molar-refractivity contribution >= 4 is 23.5 Å². The number of nitrogens with two attached hydrogens (primary N) is 1. The van der Waals surface area contributed by atoms with Crippen molar-refractivity contribution in [2.75, 3.05) is 0 Å². The van der Waals surface area contributed by atoms with E-state index in [1.165, 1.54) is 0 Å². The third-order valence-corrected chi connectivity index (χ3v) is 1.41. The smallest absolute Gasteiger partial charge is 0.324 e. The molecule has 0 fully saturated rings. The first-order chi connectivity index (χ1) is 5.00. The summed E-state index contributed by atoms with van der Waals surface area (Å²) in [6.45, 7) is 0. The molecule has 0 aromatic rings. The van der Waals surface area contributed by atoms with Crippen molar-refractivity contribution in [3.63, 3.8) is 0 Å². The molecule has 0 aliphatic carbocycles. The van der Waals surface area contributed by atoms with Crippen LogP contribution in [0, 0.1) is 0 Å². The Bertz CT molecular complexity index is 173. The molecule has 0 amide bonds. The Balaban J connectivity index is 4.25. The summed E-state index contributed by atoms with van der Waals surface area (Å²) in [6, 6.07) is -1.48. The highest BCUT2D eigenvalue weighted by atomic mass is 35.5. The normalized spacial score (nSPS) is 15.5. The zero-order valence-corrected chi connectivity index (χ0v) is 6.08. The highest BCUT2D eigenvalue weighted by Gasteiger charge is 2.30. The first kappa shape index (κ1) is 10.2. The zero-order chi connectivity index (χ0) is 9.02. The molecule has 2 unspecified atom stereocenters. The largest absolute Gasteiger partial charge is 0.480 e. The lowest BCUT2D eigenvalue weighted by molar-refractivity contribution is -0.145. The van der Waals surface area contributed by atoms with Gasteiger partial charge in [-0.2, -0.15) is 0 Å². The van der Waals surface area contributed by atoms with Crippen molar-refractivity contribution in [3.8, 4) is 0 Å². The molecule has 5 N–H and O–H groups in total. The van der Waals surface area contributed by atoms with Gasteiger partial charge in [-0.25, -0.2) is 5.43 Å². The van der Waals surface area contributed by atoms with Gasteiger partial charge in [0.1, 0.15) is 6.04 Å². The molecule has 2 atom stereocenters. The zero-order valence-electron chi connectivity index (χ0n) is 5.32. The van der Waals surface area contributed by atoms with Crippen molar-refractivity contribution < 1.29 is 19.8 Å². The Hall–Kier alpha value is -0.850. The van der Waals surface area contributed by atoms with Gasteiger partial charge in [0.15, 0.2) is 5.38 Å². The maximum atomic E-state index is 10.2. The molecular weight excluding hydrogens is 176 g/mol. The molecule has 0 aromatic carbocycles. The quantitative estimate of drug-likeness (QED) is 0.242. The number of hydrogen-bond acceptors (Lipinski definition) is 4. The standard InChI is InChI=1S/C4H7ClN2O4/c5-1(3(8)9)2(7-6)4(10)11/h1-2,7H,6H2,(H,8,9)(H,10,11). The third kappa shape index (κ3) is 2.71. The van der Waals surface area contributed by atoms with Crippen LogP contribution in [0.2, 0.25) is 0 Å². The fraction of sp³-hybridized carbons (Fsp3) is 0.500. The number of rotatable bonds is 4. The number of hydrazine groups is 1. The molecule has 7 heteroatoms. The molecule has 6 nitrogen and oxygen atoms in total. The molecule has 0 aliphatic rings. The summed E-state index contributed by atoms with van der Waals surface area (Å²) in [7, 11) is 0. The second-order valence-electron chi connectivity index (χ2n) is 1.72. The highest BCUT2D eigenvalue weighted by molar-refractivity contribution is 6.31. The van der Waals surface area contributed by atoms with E-state index in [1.54, 1.807) is 5.43 Å². The molecule has 11 heavy (non-hydrogen) atoms. The number of carboxylic acid groups (broad SMARTS) is 2. The van der Waals surface area contributed by atoms with Crippen LogP contribution in [0.3, 0.4) is 0 Å². The van der Waals surface area contributed by atoms with Crippen LogP contribution in [0.4, 0.5) is 0 Å². The molecule has 64 valence electrons. The minimum atomic E-state index is -1.57. The van der Waals surface area contributed by atoms with Gasteiger partial charge in [0.25, 0.3) is 0 Å². The topological polar surface area (TPSA) is 113 Å². The Kier molecular flexibility index (Phi) is 3.80. The van der Waals surface area contributed by atoms with E-state index in [0.29, 0.717) is 0 Å². The van der Waals surface area contributed by atoms with Gasteiger partial charge in [-0.15, -0.1) is 11.6 Å². The molecule has 0 heterocycles. The highest BCUT2D eigenvalue weighted by Crippen LogP contribution is 2.02. The Labute approximate surface area is 66.9 Å². The second-order valence-corrected chi connectivity index (χ2v) is 2.19. The first-order valence-corrected chi connectivity index (χ1v) is 3.00. The fourth-order valence-electron chi connectivity index (χ4n) is 0.424. The maximum absolute atomic E-state index is 10.2. The molecular formula is C4H7ClN2O4. The predicted molar refractivity (Wildman–Crippen MR) is 36.0 cm³/mol. The number of alkyl halides is 1. The van der Waals surface area contributed by atoms with Gasteiger partial charge in [-0.05, 0) is 0 Å². The summed E-state index contributed by atoms with van der Waals surface area (Å²) >= 11 is 5.15. The van der Waals surface area contributed by atoms with Crippen LogP contribution in [0.15, 0.2) is 0 Å². The first-order valence-electron chi connectivity index (χ1n) is 2.56. The Morgan fingerprint density at radius 3 is 1.91 bits per heavy atom. The number of hydrogen-bond donors (Lipinski definition) is 4. The Morgan fingerprint density at radius 1 is 1.36 bits per heavy atom. The van der Waals surface area contributed by atoms with E-state index in [9.17, 15) is 9.59 Å². The maximum Gasteiger partial charge on any atom is 0.324 e. The number of carboxylic acids is 2. The lowest BCUT2D eigenvalue weighted by Gasteiger charge is -2.12. The van der Waals surface area contributed by atoms with E-state index in [0.717, 1.165) is 0 Å².